The first-order chi connectivity index (χ1) is 10.4. The third kappa shape index (κ3) is 3.64. The zero-order chi connectivity index (χ0) is 16.3. The van der Waals surface area contributed by atoms with Crippen LogP contribution < -0.4 is 5.32 Å². The van der Waals surface area contributed by atoms with Crippen molar-refractivity contribution in [3.05, 3.63) is 34.9 Å². The molecule has 116 valence electrons. The molecular weight excluding hydrogens is 280 g/mol. The molecule has 22 heavy (non-hydrogen) atoms. The number of nitriles is 1. The predicted octanol–water partition coefficient (Wildman–Crippen LogP) is 2.27. The lowest BCUT2D eigenvalue weighted by atomic mass is 9.98. The maximum absolute atomic E-state index is 12.0. The zero-order valence-corrected chi connectivity index (χ0v) is 13.1. The van der Waals surface area contributed by atoms with Crippen molar-refractivity contribution in [2.24, 2.45) is 5.92 Å². The van der Waals surface area contributed by atoms with Gasteiger partial charge in [0.15, 0.2) is 6.61 Å². The van der Waals surface area contributed by atoms with Crippen molar-refractivity contribution in [3.8, 4) is 6.07 Å². The average molecular weight is 300 g/mol. The molecule has 0 aromatic heterocycles. The van der Waals surface area contributed by atoms with Crippen LogP contribution in [0.2, 0.25) is 0 Å². The molecule has 1 aromatic carbocycles. The number of amides is 1. The van der Waals surface area contributed by atoms with Gasteiger partial charge < -0.3 is 10.1 Å². The van der Waals surface area contributed by atoms with Crippen molar-refractivity contribution in [2.75, 3.05) is 6.61 Å². The fourth-order valence-electron chi connectivity index (χ4n) is 2.46. The Bertz CT molecular complexity index is 644. The van der Waals surface area contributed by atoms with Gasteiger partial charge in [-0.25, -0.2) is 4.79 Å². The van der Waals surface area contributed by atoms with Crippen LogP contribution in [0.4, 0.5) is 0 Å². The Morgan fingerprint density at radius 1 is 1.41 bits per heavy atom. The molecule has 5 nitrogen and oxygen atoms in total. The van der Waals surface area contributed by atoms with Gasteiger partial charge in [-0.15, -0.1) is 0 Å². The lowest BCUT2D eigenvalue weighted by molar-refractivity contribution is -0.125. The predicted molar refractivity (Wildman–Crippen MR) is 81.1 cm³/mol. The summed E-state index contributed by atoms with van der Waals surface area (Å²) in [4.78, 5) is 23.9. The highest BCUT2D eigenvalue weighted by atomic mass is 16.5. The highest BCUT2D eigenvalue weighted by Crippen LogP contribution is 2.39. The summed E-state index contributed by atoms with van der Waals surface area (Å²) in [6.07, 6.45) is 1.87. The minimum atomic E-state index is -0.872. The normalized spacial score (nSPS) is 16.3. The number of rotatable bonds is 5. The summed E-state index contributed by atoms with van der Waals surface area (Å²) < 4.78 is 5.04. The van der Waals surface area contributed by atoms with Crippen molar-refractivity contribution in [3.63, 3.8) is 0 Å². The Labute approximate surface area is 130 Å². The molecule has 0 saturated heterocycles. The number of hydrogen-bond acceptors (Lipinski definition) is 4. The van der Waals surface area contributed by atoms with Gasteiger partial charge in [0.2, 0.25) is 0 Å². The molecule has 1 atom stereocenters. The van der Waals surface area contributed by atoms with Crippen LogP contribution in [0.25, 0.3) is 0 Å². The molecule has 1 aliphatic rings. The number of carbonyl (C=O) groups is 2. The van der Waals surface area contributed by atoms with Crippen LogP contribution in [-0.4, -0.2) is 24.0 Å². The molecule has 2 rings (SSSR count). The van der Waals surface area contributed by atoms with E-state index in [1.54, 1.807) is 13.0 Å². The van der Waals surface area contributed by atoms with E-state index in [9.17, 15) is 14.9 Å². The molecule has 0 unspecified atom stereocenters. The number of benzene rings is 1. The van der Waals surface area contributed by atoms with Crippen LogP contribution in [0, 0.1) is 31.1 Å². The van der Waals surface area contributed by atoms with Gasteiger partial charge in [0.1, 0.15) is 5.54 Å². The number of nitrogens with one attached hydrogen (secondary N) is 1. The first-order valence-electron chi connectivity index (χ1n) is 7.32. The smallest absolute Gasteiger partial charge is 0.338 e. The summed E-state index contributed by atoms with van der Waals surface area (Å²) in [7, 11) is 0. The van der Waals surface area contributed by atoms with Crippen molar-refractivity contribution in [1.82, 2.24) is 5.32 Å². The molecule has 1 fully saturated rings. The second-order valence-corrected chi connectivity index (χ2v) is 6.03. The number of ether oxygens (including phenoxy) is 1. The third-order valence-electron chi connectivity index (χ3n) is 3.96. The summed E-state index contributed by atoms with van der Waals surface area (Å²) in [5, 5.41) is 11.8. The van der Waals surface area contributed by atoms with E-state index < -0.39 is 17.4 Å². The first kappa shape index (κ1) is 16.0. The fraction of sp³-hybridized carbons (Fsp3) is 0.471. The van der Waals surface area contributed by atoms with Crippen LogP contribution in [0.5, 0.6) is 0 Å². The van der Waals surface area contributed by atoms with Crippen molar-refractivity contribution in [1.29, 1.82) is 5.26 Å². The Kier molecular flexibility index (Phi) is 4.51. The first-order valence-corrected chi connectivity index (χ1v) is 7.32. The van der Waals surface area contributed by atoms with E-state index in [-0.39, 0.29) is 12.5 Å². The zero-order valence-electron chi connectivity index (χ0n) is 13.1. The molecule has 1 N–H and O–H groups in total. The van der Waals surface area contributed by atoms with Crippen LogP contribution >= 0.6 is 0 Å². The quantitative estimate of drug-likeness (QED) is 0.846. The van der Waals surface area contributed by atoms with Gasteiger partial charge in [-0.1, -0.05) is 17.7 Å². The molecule has 0 spiro atoms. The molecule has 0 radical (unpaired) electrons. The van der Waals surface area contributed by atoms with Crippen molar-refractivity contribution >= 4 is 11.9 Å². The van der Waals surface area contributed by atoms with E-state index in [2.05, 4.69) is 11.4 Å². The van der Waals surface area contributed by atoms with Gasteiger partial charge in [0.05, 0.1) is 11.6 Å². The molecule has 5 heteroatoms. The van der Waals surface area contributed by atoms with E-state index in [1.165, 1.54) is 0 Å². The fourth-order valence-corrected chi connectivity index (χ4v) is 2.46. The Balaban J connectivity index is 1.91. The van der Waals surface area contributed by atoms with E-state index in [1.807, 2.05) is 26.0 Å². The Morgan fingerprint density at radius 2 is 2.09 bits per heavy atom. The summed E-state index contributed by atoms with van der Waals surface area (Å²) in [5.74, 6) is -0.789. The van der Waals surface area contributed by atoms with Crippen molar-refractivity contribution in [2.45, 2.75) is 39.2 Å². The maximum Gasteiger partial charge on any atom is 0.338 e. The Hall–Kier alpha value is -2.35. The van der Waals surface area contributed by atoms with Gasteiger partial charge in [-0.3, -0.25) is 4.79 Å². The number of aryl methyl sites for hydroxylation is 2. The highest BCUT2D eigenvalue weighted by Gasteiger charge is 2.43. The van der Waals surface area contributed by atoms with Crippen LogP contribution in [0.15, 0.2) is 18.2 Å². The molecule has 1 amide bonds. The lowest BCUT2D eigenvalue weighted by Gasteiger charge is -2.22. The maximum atomic E-state index is 12.0. The summed E-state index contributed by atoms with van der Waals surface area (Å²) >= 11 is 0. The molecule has 1 aromatic rings. The topological polar surface area (TPSA) is 79.2 Å². The van der Waals surface area contributed by atoms with E-state index in [0.717, 1.165) is 24.0 Å². The number of carbonyl (C=O) groups excluding carboxylic acids is 2. The largest absolute Gasteiger partial charge is 0.452 e. The number of hydrogen-bond donors (Lipinski definition) is 1. The number of nitrogens with zero attached hydrogens (tertiary/aromatic N) is 1. The van der Waals surface area contributed by atoms with E-state index in [4.69, 9.17) is 4.74 Å². The van der Waals surface area contributed by atoms with Gasteiger partial charge in [-0.05, 0) is 51.2 Å². The van der Waals surface area contributed by atoms with Crippen molar-refractivity contribution < 1.29 is 14.3 Å². The van der Waals surface area contributed by atoms with E-state index in [0.29, 0.717) is 5.56 Å². The van der Waals surface area contributed by atoms with Gasteiger partial charge in [0.25, 0.3) is 5.91 Å². The van der Waals surface area contributed by atoms with Crippen LogP contribution in [-0.2, 0) is 9.53 Å². The summed E-state index contributed by atoms with van der Waals surface area (Å²) in [6.45, 7) is 5.09. The van der Waals surface area contributed by atoms with Gasteiger partial charge in [0, 0.05) is 0 Å². The summed E-state index contributed by atoms with van der Waals surface area (Å²) in [6, 6.07) is 7.53. The monoisotopic (exact) mass is 300 g/mol. The van der Waals surface area contributed by atoms with E-state index >= 15 is 0 Å². The van der Waals surface area contributed by atoms with Crippen LogP contribution in [0.1, 0.15) is 41.3 Å². The minimum Gasteiger partial charge on any atom is -0.452 e. The van der Waals surface area contributed by atoms with Gasteiger partial charge >= 0.3 is 5.97 Å². The molecule has 0 aliphatic heterocycles. The van der Waals surface area contributed by atoms with Crippen LogP contribution in [0.3, 0.4) is 0 Å². The molecule has 1 aliphatic carbocycles. The summed E-state index contributed by atoms with van der Waals surface area (Å²) in [5.41, 5.74) is 1.44. The lowest BCUT2D eigenvalue weighted by Crippen LogP contribution is -2.48. The molecule has 0 bridgehead atoms. The average Bonchev–Trinajstić information content (AvgIpc) is 3.29. The molecule has 1 saturated carbocycles. The standard InChI is InChI=1S/C17H20N2O3/c1-11-4-7-14(12(2)8-11)16(21)22-9-15(20)19-17(3,10-18)13-5-6-13/h4,7-8,13H,5-6,9H2,1-3H3,(H,19,20)/t17-/m0/s1. The van der Waals surface area contributed by atoms with Gasteiger partial charge in [-0.2, -0.15) is 5.26 Å². The molecular formula is C17H20N2O3. The highest BCUT2D eigenvalue weighted by molar-refractivity contribution is 5.92. The SMILES string of the molecule is Cc1ccc(C(=O)OCC(=O)N[C@@](C)(C#N)C2CC2)c(C)c1. The minimum absolute atomic E-state index is 0.191. The Morgan fingerprint density at radius 3 is 2.64 bits per heavy atom. The molecule has 0 heterocycles. The number of esters is 1. The second-order valence-electron chi connectivity index (χ2n) is 6.03. The second kappa shape index (κ2) is 6.18. The third-order valence-corrected chi connectivity index (χ3v) is 3.96.